The fourth-order valence-electron chi connectivity index (χ4n) is 4.79. The Balaban J connectivity index is 1.64. The van der Waals surface area contributed by atoms with E-state index in [2.05, 4.69) is 15.2 Å². The molecule has 0 spiro atoms. The summed E-state index contributed by atoms with van der Waals surface area (Å²) >= 11 is 0. The molecule has 1 unspecified atom stereocenters. The number of hydrogen-bond donors (Lipinski definition) is 1. The van der Waals surface area contributed by atoms with Gasteiger partial charge in [-0.3, -0.25) is 14.7 Å². The molecule has 2 heterocycles. The van der Waals surface area contributed by atoms with Crippen LogP contribution in [0, 0.1) is 0 Å². The summed E-state index contributed by atoms with van der Waals surface area (Å²) in [7, 11) is 6.61. The van der Waals surface area contributed by atoms with Crippen LogP contribution in [0.25, 0.3) is 0 Å². The minimum Gasteiger partial charge on any atom is -0.496 e. The highest BCUT2D eigenvalue weighted by Crippen LogP contribution is 2.43. The number of ether oxygens (including phenoxy) is 4. The Bertz CT molecular complexity index is 1190. The lowest BCUT2D eigenvalue weighted by Gasteiger charge is -2.38. The SMILES string of the molecule is COc1ccc(CC2c3c(OC)ccc(OC)c3CCN2CC(=O)NCc2ccccn2)cc1OC. The smallest absolute Gasteiger partial charge is 0.234 e. The lowest BCUT2D eigenvalue weighted by Crippen LogP contribution is -2.43. The van der Waals surface area contributed by atoms with Crippen molar-refractivity contribution >= 4 is 5.91 Å². The third-order valence-electron chi connectivity index (χ3n) is 6.55. The molecule has 1 aromatic heterocycles. The molecular weight excluding hydrogens is 458 g/mol. The topological polar surface area (TPSA) is 82.2 Å². The molecule has 2 aromatic carbocycles. The lowest BCUT2D eigenvalue weighted by molar-refractivity contribution is -0.123. The lowest BCUT2D eigenvalue weighted by atomic mass is 9.87. The van der Waals surface area contributed by atoms with Crippen molar-refractivity contribution in [2.45, 2.75) is 25.4 Å². The number of benzene rings is 2. The molecule has 1 aliphatic heterocycles. The van der Waals surface area contributed by atoms with Gasteiger partial charge in [0.15, 0.2) is 11.5 Å². The van der Waals surface area contributed by atoms with E-state index in [1.54, 1.807) is 34.6 Å². The summed E-state index contributed by atoms with van der Waals surface area (Å²) in [4.78, 5) is 19.5. The fourth-order valence-corrected chi connectivity index (χ4v) is 4.79. The van der Waals surface area contributed by atoms with E-state index >= 15 is 0 Å². The van der Waals surface area contributed by atoms with Crippen LogP contribution in [0.5, 0.6) is 23.0 Å². The molecule has 0 radical (unpaired) electrons. The van der Waals surface area contributed by atoms with Gasteiger partial charge in [-0.05, 0) is 54.8 Å². The van der Waals surface area contributed by atoms with Crippen LogP contribution >= 0.6 is 0 Å². The summed E-state index contributed by atoms with van der Waals surface area (Å²) in [6.07, 6.45) is 3.14. The summed E-state index contributed by atoms with van der Waals surface area (Å²) in [6.45, 7) is 1.36. The molecule has 8 heteroatoms. The van der Waals surface area contributed by atoms with E-state index in [4.69, 9.17) is 18.9 Å². The molecule has 0 fully saturated rings. The zero-order chi connectivity index (χ0) is 25.5. The number of pyridine rings is 1. The highest BCUT2D eigenvalue weighted by atomic mass is 16.5. The maximum absolute atomic E-state index is 13.0. The van der Waals surface area contributed by atoms with Crippen LogP contribution in [0.3, 0.4) is 0 Å². The summed E-state index contributed by atoms with van der Waals surface area (Å²) < 4.78 is 22.4. The molecule has 1 amide bonds. The summed E-state index contributed by atoms with van der Waals surface area (Å²) in [5.74, 6) is 2.92. The van der Waals surface area contributed by atoms with Gasteiger partial charge >= 0.3 is 0 Å². The van der Waals surface area contributed by atoms with E-state index < -0.39 is 0 Å². The number of rotatable bonds is 10. The van der Waals surface area contributed by atoms with Crippen LogP contribution in [0.15, 0.2) is 54.7 Å². The average Bonchev–Trinajstić information content (AvgIpc) is 2.92. The Kier molecular flexibility index (Phi) is 8.28. The van der Waals surface area contributed by atoms with Gasteiger partial charge in [-0.2, -0.15) is 0 Å². The number of nitrogens with zero attached hydrogens (tertiary/aromatic N) is 2. The quantitative estimate of drug-likeness (QED) is 0.464. The van der Waals surface area contributed by atoms with Gasteiger partial charge in [0.2, 0.25) is 5.91 Å². The number of hydrogen-bond acceptors (Lipinski definition) is 7. The molecule has 190 valence electrons. The summed E-state index contributed by atoms with van der Waals surface area (Å²) in [5.41, 5.74) is 4.06. The van der Waals surface area contributed by atoms with Crippen LogP contribution in [0.2, 0.25) is 0 Å². The van der Waals surface area contributed by atoms with E-state index in [0.717, 1.165) is 40.3 Å². The van der Waals surface area contributed by atoms with Gasteiger partial charge in [0, 0.05) is 29.9 Å². The molecule has 1 atom stereocenters. The van der Waals surface area contributed by atoms with Crippen LogP contribution in [-0.2, 0) is 24.2 Å². The van der Waals surface area contributed by atoms with Crippen molar-refractivity contribution in [2.75, 3.05) is 41.5 Å². The normalized spacial score (nSPS) is 15.1. The molecule has 0 bridgehead atoms. The molecule has 8 nitrogen and oxygen atoms in total. The second kappa shape index (κ2) is 11.8. The molecule has 0 saturated carbocycles. The highest BCUT2D eigenvalue weighted by Gasteiger charge is 2.33. The first kappa shape index (κ1) is 25.3. The predicted molar refractivity (Wildman–Crippen MR) is 137 cm³/mol. The van der Waals surface area contributed by atoms with Gasteiger partial charge in [-0.15, -0.1) is 0 Å². The first-order chi connectivity index (χ1) is 17.6. The number of methoxy groups -OCH3 is 4. The van der Waals surface area contributed by atoms with Gasteiger partial charge in [-0.25, -0.2) is 0 Å². The number of carbonyl (C=O) groups excluding carboxylic acids is 1. The van der Waals surface area contributed by atoms with Gasteiger partial charge in [0.1, 0.15) is 11.5 Å². The molecule has 36 heavy (non-hydrogen) atoms. The Labute approximate surface area is 212 Å². The molecule has 0 aliphatic carbocycles. The molecule has 4 rings (SSSR count). The molecule has 3 aromatic rings. The van der Waals surface area contributed by atoms with E-state index in [9.17, 15) is 4.79 Å². The Morgan fingerprint density at radius 3 is 2.36 bits per heavy atom. The van der Waals surface area contributed by atoms with E-state index in [1.807, 2.05) is 48.5 Å². The number of nitrogens with one attached hydrogen (secondary N) is 1. The van der Waals surface area contributed by atoms with Crippen molar-refractivity contribution in [3.63, 3.8) is 0 Å². The Hall–Kier alpha value is -3.78. The second-order valence-electron chi connectivity index (χ2n) is 8.59. The van der Waals surface area contributed by atoms with E-state index in [0.29, 0.717) is 31.0 Å². The third-order valence-corrected chi connectivity index (χ3v) is 6.55. The zero-order valence-electron chi connectivity index (χ0n) is 21.2. The van der Waals surface area contributed by atoms with Crippen molar-refractivity contribution in [3.05, 3.63) is 77.1 Å². The van der Waals surface area contributed by atoms with Gasteiger partial charge in [-0.1, -0.05) is 12.1 Å². The van der Waals surface area contributed by atoms with E-state index in [-0.39, 0.29) is 18.5 Å². The van der Waals surface area contributed by atoms with Crippen LogP contribution < -0.4 is 24.3 Å². The average molecular weight is 492 g/mol. The van der Waals surface area contributed by atoms with Crippen molar-refractivity contribution in [2.24, 2.45) is 0 Å². The number of amides is 1. The monoisotopic (exact) mass is 491 g/mol. The van der Waals surface area contributed by atoms with Crippen LogP contribution in [-0.4, -0.2) is 57.3 Å². The van der Waals surface area contributed by atoms with Crippen molar-refractivity contribution in [3.8, 4) is 23.0 Å². The van der Waals surface area contributed by atoms with Gasteiger partial charge < -0.3 is 24.3 Å². The van der Waals surface area contributed by atoms with Crippen LogP contribution in [0.1, 0.15) is 28.4 Å². The summed E-state index contributed by atoms with van der Waals surface area (Å²) in [5, 5.41) is 3.00. The molecular formula is C28H33N3O5. The van der Waals surface area contributed by atoms with Crippen molar-refractivity contribution < 1.29 is 23.7 Å². The predicted octanol–water partition coefficient (Wildman–Crippen LogP) is 3.57. The second-order valence-corrected chi connectivity index (χ2v) is 8.59. The largest absolute Gasteiger partial charge is 0.496 e. The number of carbonyl (C=O) groups is 1. The zero-order valence-corrected chi connectivity index (χ0v) is 21.2. The van der Waals surface area contributed by atoms with Crippen molar-refractivity contribution in [1.82, 2.24) is 15.2 Å². The van der Waals surface area contributed by atoms with E-state index in [1.165, 1.54) is 0 Å². The minimum absolute atomic E-state index is 0.0525. The van der Waals surface area contributed by atoms with Crippen LogP contribution in [0.4, 0.5) is 0 Å². The van der Waals surface area contributed by atoms with Crippen molar-refractivity contribution in [1.29, 1.82) is 0 Å². The third kappa shape index (κ3) is 5.54. The summed E-state index contributed by atoms with van der Waals surface area (Å²) in [6, 6.07) is 15.4. The Morgan fingerprint density at radius 2 is 1.67 bits per heavy atom. The number of fused-ring (bicyclic) bond motifs is 1. The molecule has 1 aliphatic rings. The van der Waals surface area contributed by atoms with Gasteiger partial charge in [0.25, 0.3) is 0 Å². The highest BCUT2D eigenvalue weighted by molar-refractivity contribution is 5.78. The van der Waals surface area contributed by atoms with Gasteiger partial charge in [0.05, 0.1) is 47.2 Å². The molecule has 1 N–H and O–H groups in total. The first-order valence-electron chi connectivity index (χ1n) is 11.9. The fraction of sp³-hybridized carbons (Fsp3) is 0.357. The Morgan fingerprint density at radius 1 is 0.944 bits per heavy atom. The molecule has 0 saturated heterocycles. The maximum atomic E-state index is 13.0. The standard InChI is InChI=1S/C28H33N3O5/c1-33-23-10-11-25(35-3)28-21(23)12-14-31(18-27(32)30-17-20-7-5-6-13-29-20)22(28)15-19-8-9-24(34-2)26(16-19)36-4/h5-11,13,16,22H,12,14-15,17-18H2,1-4H3,(H,30,32). The minimum atomic E-state index is -0.0995. The first-order valence-corrected chi connectivity index (χ1v) is 11.9. The maximum Gasteiger partial charge on any atom is 0.234 e. The number of aromatic nitrogens is 1.